The Morgan fingerprint density at radius 1 is 0.708 bits per heavy atom. The van der Waals surface area contributed by atoms with Gasteiger partial charge in [0.1, 0.15) is 6.17 Å². The molecule has 1 aliphatic rings. The van der Waals surface area contributed by atoms with E-state index in [9.17, 15) is 0 Å². The van der Waals surface area contributed by atoms with E-state index in [1.165, 1.54) is 90.0 Å². The molecule has 0 N–H and O–H groups in total. The lowest BCUT2D eigenvalue weighted by Gasteiger charge is -2.35. The maximum atomic E-state index is 2.58. The Kier molecular flexibility index (Phi) is 12.1. The molecule has 24 heavy (non-hydrogen) atoms. The first-order chi connectivity index (χ1) is 11.7. The molecule has 1 rings (SSSR count). The van der Waals surface area contributed by atoms with E-state index in [1.807, 2.05) is 0 Å². The summed E-state index contributed by atoms with van der Waals surface area (Å²) in [7, 11) is 0. The van der Waals surface area contributed by atoms with E-state index < -0.39 is 0 Å². The second-order valence-electron chi connectivity index (χ2n) is 7.88. The Morgan fingerprint density at radius 2 is 1.25 bits per heavy atom. The summed E-state index contributed by atoms with van der Waals surface area (Å²) in [6.07, 6.45) is 23.5. The Morgan fingerprint density at radius 3 is 1.79 bits per heavy atom. The van der Waals surface area contributed by atoms with Crippen molar-refractivity contribution in [3.8, 4) is 0 Å². The highest BCUT2D eigenvalue weighted by Gasteiger charge is 2.26. The van der Waals surface area contributed by atoms with Gasteiger partial charge in [0.2, 0.25) is 0 Å². The minimum atomic E-state index is 0.612. The van der Waals surface area contributed by atoms with Crippen molar-refractivity contribution in [3.63, 3.8) is 0 Å². The lowest BCUT2D eigenvalue weighted by atomic mass is 10.0. The molecule has 1 unspecified atom stereocenters. The fourth-order valence-corrected chi connectivity index (χ4v) is 3.74. The third-order valence-corrected chi connectivity index (χ3v) is 5.34. The van der Waals surface area contributed by atoms with Gasteiger partial charge in [-0.05, 0) is 33.1 Å². The van der Waals surface area contributed by atoms with Gasteiger partial charge < -0.3 is 9.80 Å². The number of rotatable bonds is 15. The number of unbranched alkanes of at least 4 members (excludes halogenated alkanes) is 10. The van der Waals surface area contributed by atoms with E-state index in [0.29, 0.717) is 12.2 Å². The van der Waals surface area contributed by atoms with Crippen molar-refractivity contribution in [2.24, 2.45) is 0 Å². The number of hydrogen-bond donors (Lipinski definition) is 0. The van der Waals surface area contributed by atoms with Crippen molar-refractivity contribution in [3.05, 3.63) is 12.4 Å². The standard InChI is InChI=1S/C22H44N2/c1-5-7-9-10-11-12-13-14-15-16-17-22-23(18-8-6-2)19-20-24(22)21(3)4/h19-22H,5-18H2,1-4H3. The number of hydrogen-bond acceptors (Lipinski definition) is 2. The third-order valence-electron chi connectivity index (χ3n) is 5.34. The zero-order chi connectivity index (χ0) is 17.6. The summed E-state index contributed by atoms with van der Waals surface area (Å²) in [5.74, 6) is 0. The molecule has 2 nitrogen and oxygen atoms in total. The van der Waals surface area contributed by atoms with E-state index in [-0.39, 0.29) is 0 Å². The summed E-state index contributed by atoms with van der Waals surface area (Å²) >= 11 is 0. The molecule has 2 heteroatoms. The van der Waals surface area contributed by atoms with Gasteiger partial charge in [-0.2, -0.15) is 0 Å². The molecule has 1 aliphatic heterocycles. The molecule has 0 bridgehead atoms. The smallest absolute Gasteiger partial charge is 0.101 e. The maximum Gasteiger partial charge on any atom is 0.101 e. The van der Waals surface area contributed by atoms with Gasteiger partial charge in [0.05, 0.1) is 0 Å². The van der Waals surface area contributed by atoms with Crippen LogP contribution in [0.3, 0.4) is 0 Å². The van der Waals surface area contributed by atoms with E-state index >= 15 is 0 Å². The van der Waals surface area contributed by atoms with Gasteiger partial charge in [-0.1, -0.05) is 78.1 Å². The quantitative estimate of drug-likeness (QED) is 0.299. The molecule has 142 valence electrons. The van der Waals surface area contributed by atoms with E-state index in [2.05, 4.69) is 49.9 Å². The maximum absolute atomic E-state index is 2.58. The van der Waals surface area contributed by atoms with Crippen LogP contribution in [0.5, 0.6) is 0 Å². The van der Waals surface area contributed by atoms with E-state index in [0.717, 1.165) is 0 Å². The predicted octanol–water partition coefficient (Wildman–Crippen LogP) is 6.92. The summed E-state index contributed by atoms with van der Waals surface area (Å²) in [5, 5.41) is 0. The second kappa shape index (κ2) is 13.6. The third kappa shape index (κ3) is 8.44. The van der Waals surface area contributed by atoms with Crippen LogP contribution >= 0.6 is 0 Å². The zero-order valence-electron chi connectivity index (χ0n) is 17.1. The van der Waals surface area contributed by atoms with Crippen molar-refractivity contribution in [2.75, 3.05) is 6.54 Å². The van der Waals surface area contributed by atoms with Crippen LogP contribution in [-0.4, -0.2) is 28.6 Å². The van der Waals surface area contributed by atoms with Gasteiger partial charge in [0, 0.05) is 25.0 Å². The lowest BCUT2D eigenvalue weighted by molar-refractivity contribution is 0.114. The predicted molar refractivity (Wildman–Crippen MR) is 108 cm³/mol. The fraction of sp³-hybridized carbons (Fsp3) is 0.909. The fourth-order valence-electron chi connectivity index (χ4n) is 3.74. The summed E-state index contributed by atoms with van der Waals surface area (Å²) in [6.45, 7) is 10.4. The van der Waals surface area contributed by atoms with Crippen LogP contribution in [0.2, 0.25) is 0 Å². The first kappa shape index (κ1) is 21.4. The molecule has 0 radical (unpaired) electrons. The molecule has 0 saturated carbocycles. The van der Waals surface area contributed by atoms with Gasteiger partial charge in [0.25, 0.3) is 0 Å². The largest absolute Gasteiger partial charge is 0.356 e. The molecule has 0 saturated heterocycles. The minimum Gasteiger partial charge on any atom is -0.356 e. The summed E-state index contributed by atoms with van der Waals surface area (Å²) in [6, 6.07) is 0.612. The van der Waals surface area contributed by atoms with Crippen LogP contribution in [0.25, 0.3) is 0 Å². The molecule has 0 aromatic heterocycles. The normalized spacial score (nSPS) is 17.5. The SMILES string of the molecule is CCCCCCCCCCCCC1N(CCCC)C=CN1C(C)C. The van der Waals surface area contributed by atoms with Gasteiger partial charge >= 0.3 is 0 Å². The van der Waals surface area contributed by atoms with Crippen LogP contribution in [0, 0.1) is 0 Å². The second-order valence-corrected chi connectivity index (χ2v) is 7.88. The van der Waals surface area contributed by atoms with Gasteiger partial charge in [-0.15, -0.1) is 0 Å². The van der Waals surface area contributed by atoms with Crippen LogP contribution in [0.15, 0.2) is 12.4 Å². The Bertz CT molecular complexity index is 311. The monoisotopic (exact) mass is 336 g/mol. The molecule has 0 amide bonds. The zero-order valence-corrected chi connectivity index (χ0v) is 17.1. The van der Waals surface area contributed by atoms with E-state index in [4.69, 9.17) is 0 Å². The molecule has 1 atom stereocenters. The summed E-state index contributed by atoms with van der Waals surface area (Å²) in [4.78, 5) is 5.14. The molecular formula is C22H44N2. The molecule has 0 aliphatic carbocycles. The summed E-state index contributed by atoms with van der Waals surface area (Å²) < 4.78 is 0. The van der Waals surface area contributed by atoms with Gasteiger partial charge in [-0.25, -0.2) is 0 Å². The first-order valence-corrected chi connectivity index (χ1v) is 10.9. The molecular weight excluding hydrogens is 292 g/mol. The Balaban J connectivity index is 2.12. The Hall–Kier alpha value is -0.660. The van der Waals surface area contributed by atoms with Crippen molar-refractivity contribution in [2.45, 2.75) is 123 Å². The molecule has 0 aromatic rings. The lowest BCUT2D eigenvalue weighted by Crippen LogP contribution is -2.42. The van der Waals surface area contributed by atoms with Crippen LogP contribution in [0.4, 0.5) is 0 Å². The van der Waals surface area contributed by atoms with Crippen LogP contribution in [-0.2, 0) is 0 Å². The molecule has 0 fully saturated rings. The highest BCUT2D eigenvalue weighted by Crippen LogP contribution is 2.24. The van der Waals surface area contributed by atoms with Gasteiger partial charge in [0.15, 0.2) is 0 Å². The van der Waals surface area contributed by atoms with Crippen LogP contribution < -0.4 is 0 Å². The average molecular weight is 337 g/mol. The molecule has 0 spiro atoms. The molecule has 1 heterocycles. The molecule has 0 aromatic carbocycles. The first-order valence-electron chi connectivity index (χ1n) is 10.9. The van der Waals surface area contributed by atoms with Crippen molar-refractivity contribution >= 4 is 0 Å². The van der Waals surface area contributed by atoms with Crippen molar-refractivity contribution in [1.29, 1.82) is 0 Å². The average Bonchev–Trinajstić information content (AvgIpc) is 2.97. The van der Waals surface area contributed by atoms with Crippen molar-refractivity contribution < 1.29 is 0 Å². The number of nitrogens with zero attached hydrogens (tertiary/aromatic N) is 2. The van der Waals surface area contributed by atoms with Gasteiger partial charge in [-0.3, -0.25) is 0 Å². The Labute approximate surface area is 152 Å². The van der Waals surface area contributed by atoms with Crippen LogP contribution in [0.1, 0.15) is 111 Å². The minimum absolute atomic E-state index is 0.612. The summed E-state index contributed by atoms with van der Waals surface area (Å²) in [5.41, 5.74) is 0. The topological polar surface area (TPSA) is 6.48 Å². The van der Waals surface area contributed by atoms with Crippen molar-refractivity contribution in [1.82, 2.24) is 9.80 Å². The highest BCUT2D eigenvalue weighted by molar-refractivity contribution is 4.98. The van der Waals surface area contributed by atoms with E-state index in [1.54, 1.807) is 0 Å². The highest BCUT2D eigenvalue weighted by atomic mass is 15.4.